The number of imidazole rings is 1. The summed E-state index contributed by atoms with van der Waals surface area (Å²) in [5.41, 5.74) is -0.358. The van der Waals surface area contributed by atoms with Crippen LogP contribution in [-0.2, 0) is 13.1 Å². The van der Waals surface area contributed by atoms with Gasteiger partial charge >= 0.3 is 6.03 Å². The van der Waals surface area contributed by atoms with Crippen LogP contribution in [0.25, 0.3) is 0 Å². The average Bonchev–Trinajstić information content (AvgIpc) is 3.09. The van der Waals surface area contributed by atoms with Gasteiger partial charge in [-0.05, 0) is 26.2 Å². The van der Waals surface area contributed by atoms with E-state index in [9.17, 15) is 18.0 Å². The summed E-state index contributed by atoms with van der Waals surface area (Å²) in [5, 5.41) is 2.55. The van der Waals surface area contributed by atoms with Gasteiger partial charge < -0.3 is 14.8 Å². The summed E-state index contributed by atoms with van der Waals surface area (Å²) < 4.78 is 42.5. The fourth-order valence-corrected chi connectivity index (χ4v) is 3.34. The van der Waals surface area contributed by atoms with E-state index in [1.54, 1.807) is 11.1 Å². The predicted octanol–water partition coefficient (Wildman–Crippen LogP) is 3.76. The van der Waals surface area contributed by atoms with Crippen LogP contribution in [0.3, 0.4) is 0 Å². The lowest BCUT2D eigenvalue weighted by molar-refractivity contribution is 0.145. The number of rotatable bonds is 4. The largest absolute Gasteiger partial charge is 0.334 e. The van der Waals surface area contributed by atoms with Crippen molar-refractivity contribution in [2.24, 2.45) is 0 Å². The van der Waals surface area contributed by atoms with Gasteiger partial charge in [-0.3, -0.25) is 0 Å². The van der Waals surface area contributed by atoms with Gasteiger partial charge in [-0.25, -0.2) is 22.9 Å². The maximum absolute atomic E-state index is 13.7. The molecule has 2 amide bonds. The quantitative estimate of drug-likeness (QED) is 0.896. The van der Waals surface area contributed by atoms with Gasteiger partial charge in [0.2, 0.25) is 0 Å². The number of carbonyl (C=O) groups is 1. The highest BCUT2D eigenvalue weighted by Crippen LogP contribution is 2.30. The van der Waals surface area contributed by atoms with Crippen LogP contribution in [0.5, 0.6) is 0 Å². The zero-order valence-electron chi connectivity index (χ0n) is 14.5. The van der Waals surface area contributed by atoms with Gasteiger partial charge in [0.05, 0.1) is 12.6 Å². The van der Waals surface area contributed by atoms with Crippen molar-refractivity contribution >= 4 is 6.03 Å². The summed E-state index contributed by atoms with van der Waals surface area (Å²) in [5.74, 6) is -2.21. The molecule has 1 aromatic heterocycles. The third-order valence-corrected chi connectivity index (χ3v) is 4.67. The molecule has 1 atom stereocenters. The molecule has 0 aliphatic carbocycles. The highest BCUT2D eigenvalue weighted by molar-refractivity contribution is 5.74. The number of hydrogen-bond donors (Lipinski definition) is 1. The smallest absolute Gasteiger partial charge is 0.318 e. The Morgan fingerprint density at radius 1 is 1.27 bits per heavy atom. The van der Waals surface area contributed by atoms with E-state index in [4.69, 9.17) is 0 Å². The normalized spacial score (nSPS) is 17.4. The van der Waals surface area contributed by atoms with Crippen LogP contribution in [0, 0.1) is 17.5 Å². The van der Waals surface area contributed by atoms with Gasteiger partial charge in [-0.15, -0.1) is 0 Å². The van der Waals surface area contributed by atoms with Gasteiger partial charge in [0.15, 0.2) is 0 Å². The molecule has 1 unspecified atom stereocenters. The summed E-state index contributed by atoms with van der Waals surface area (Å²) in [6.07, 6.45) is 6.18. The molecular weight excluding hydrogens is 345 g/mol. The van der Waals surface area contributed by atoms with Gasteiger partial charge in [-0.2, -0.15) is 0 Å². The number of amides is 2. The van der Waals surface area contributed by atoms with E-state index in [1.165, 1.54) is 0 Å². The summed E-state index contributed by atoms with van der Waals surface area (Å²) in [4.78, 5) is 18.7. The molecule has 3 rings (SSSR count). The Morgan fingerprint density at radius 2 is 2.00 bits per heavy atom. The Labute approximate surface area is 149 Å². The van der Waals surface area contributed by atoms with Crippen LogP contribution in [0.4, 0.5) is 18.0 Å². The predicted molar refractivity (Wildman–Crippen MR) is 89.8 cm³/mol. The first-order chi connectivity index (χ1) is 12.5. The van der Waals surface area contributed by atoms with Crippen LogP contribution in [0.15, 0.2) is 24.5 Å². The fourth-order valence-electron chi connectivity index (χ4n) is 3.34. The molecule has 140 valence electrons. The lowest BCUT2D eigenvalue weighted by Crippen LogP contribution is -2.45. The maximum atomic E-state index is 13.7. The van der Waals surface area contributed by atoms with Crippen LogP contribution in [0.2, 0.25) is 0 Å². The Balaban J connectivity index is 1.73. The van der Waals surface area contributed by atoms with Gasteiger partial charge in [0, 0.05) is 43.2 Å². The van der Waals surface area contributed by atoms with Crippen molar-refractivity contribution in [1.82, 2.24) is 19.8 Å². The highest BCUT2D eigenvalue weighted by atomic mass is 19.1. The van der Waals surface area contributed by atoms with Gasteiger partial charge in [0.1, 0.15) is 23.3 Å². The number of benzene rings is 1. The molecule has 5 nitrogen and oxygen atoms in total. The maximum Gasteiger partial charge on any atom is 0.318 e. The van der Waals surface area contributed by atoms with E-state index in [0.29, 0.717) is 18.7 Å². The topological polar surface area (TPSA) is 50.2 Å². The zero-order valence-corrected chi connectivity index (χ0v) is 14.5. The SMILES string of the molecule is CCn1ccnc1C1CCCCN1C(=O)NCc1c(F)cc(F)cc1F. The van der Waals surface area contributed by atoms with Crippen molar-refractivity contribution in [2.75, 3.05) is 6.54 Å². The number of carbonyl (C=O) groups excluding carboxylic acids is 1. The molecule has 26 heavy (non-hydrogen) atoms. The summed E-state index contributed by atoms with van der Waals surface area (Å²) in [6, 6.07) is 0.614. The molecule has 8 heteroatoms. The number of hydrogen-bond acceptors (Lipinski definition) is 2. The van der Waals surface area contributed by atoms with Crippen molar-refractivity contribution in [3.63, 3.8) is 0 Å². The molecule has 0 radical (unpaired) electrons. The summed E-state index contributed by atoms with van der Waals surface area (Å²) in [6.45, 7) is 2.94. The molecule has 2 heterocycles. The lowest BCUT2D eigenvalue weighted by Gasteiger charge is -2.35. The van der Waals surface area contributed by atoms with Gasteiger partial charge in [0.25, 0.3) is 0 Å². The number of aromatic nitrogens is 2. The van der Waals surface area contributed by atoms with Crippen LogP contribution >= 0.6 is 0 Å². The molecule has 1 aliphatic rings. The molecule has 1 aromatic carbocycles. The second-order valence-corrected chi connectivity index (χ2v) is 6.28. The number of nitrogens with one attached hydrogen (secondary N) is 1. The van der Waals surface area contributed by atoms with E-state index in [0.717, 1.165) is 31.6 Å². The van der Waals surface area contributed by atoms with E-state index >= 15 is 0 Å². The Bertz CT molecular complexity index is 769. The minimum Gasteiger partial charge on any atom is -0.334 e. The van der Waals surface area contributed by atoms with Gasteiger partial charge in [-0.1, -0.05) is 0 Å². The third kappa shape index (κ3) is 3.68. The van der Waals surface area contributed by atoms with E-state index < -0.39 is 23.5 Å². The minimum atomic E-state index is -1.01. The second kappa shape index (κ2) is 7.80. The molecule has 1 N–H and O–H groups in total. The van der Waals surface area contributed by atoms with E-state index in [2.05, 4.69) is 10.3 Å². The number of halogens is 3. The Kier molecular flexibility index (Phi) is 5.49. The van der Waals surface area contributed by atoms with Crippen LogP contribution < -0.4 is 5.32 Å². The second-order valence-electron chi connectivity index (χ2n) is 6.28. The number of likely N-dealkylation sites (tertiary alicyclic amines) is 1. The van der Waals surface area contributed by atoms with Crippen molar-refractivity contribution in [1.29, 1.82) is 0 Å². The molecule has 2 aromatic rings. The molecular formula is C18H21F3N4O. The zero-order chi connectivity index (χ0) is 18.7. The average molecular weight is 366 g/mol. The number of nitrogens with zero attached hydrogens (tertiary/aromatic N) is 3. The van der Waals surface area contributed by atoms with Crippen LogP contribution in [-0.4, -0.2) is 27.0 Å². The first-order valence-corrected chi connectivity index (χ1v) is 8.70. The van der Waals surface area contributed by atoms with Crippen molar-refractivity contribution in [3.05, 3.63) is 53.4 Å². The highest BCUT2D eigenvalue weighted by Gasteiger charge is 2.30. The third-order valence-electron chi connectivity index (χ3n) is 4.67. The first kappa shape index (κ1) is 18.3. The number of piperidine rings is 1. The molecule has 1 saturated heterocycles. The standard InChI is InChI=1S/C18H21F3N4O/c1-2-24-8-6-22-17(24)16-5-3-4-7-25(16)18(26)23-11-13-14(20)9-12(19)10-15(13)21/h6,8-10,16H,2-5,7,11H2,1H3,(H,23,26). The Hall–Kier alpha value is -2.51. The van der Waals surface area contributed by atoms with Crippen LogP contribution in [0.1, 0.15) is 43.6 Å². The lowest BCUT2D eigenvalue weighted by atomic mass is 10.0. The molecule has 0 saturated carbocycles. The number of aryl methyl sites for hydroxylation is 1. The first-order valence-electron chi connectivity index (χ1n) is 8.70. The molecule has 0 spiro atoms. The monoisotopic (exact) mass is 366 g/mol. The molecule has 1 fully saturated rings. The van der Waals surface area contributed by atoms with Crippen molar-refractivity contribution in [2.45, 2.75) is 45.3 Å². The minimum absolute atomic E-state index is 0.179. The summed E-state index contributed by atoms with van der Waals surface area (Å²) in [7, 11) is 0. The Morgan fingerprint density at radius 3 is 2.69 bits per heavy atom. The molecule has 0 bridgehead atoms. The molecule has 1 aliphatic heterocycles. The number of urea groups is 1. The van der Waals surface area contributed by atoms with E-state index in [1.807, 2.05) is 17.7 Å². The van der Waals surface area contributed by atoms with Crippen molar-refractivity contribution in [3.8, 4) is 0 Å². The summed E-state index contributed by atoms with van der Waals surface area (Å²) >= 11 is 0. The van der Waals surface area contributed by atoms with Crippen molar-refractivity contribution < 1.29 is 18.0 Å². The van der Waals surface area contributed by atoms with E-state index in [-0.39, 0.29) is 18.2 Å². The fraction of sp³-hybridized carbons (Fsp3) is 0.444.